The van der Waals surface area contributed by atoms with Gasteiger partial charge in [-0.25, -0.2) is 4.39 Å². The summed E-state index contributed by atoms with van der Waals surface area (Å²) in [5, 5.41) is 5.38. The van der Waals surface area contributed by atoms with Crippen LogP contribution in [0.2, 0.25) is 0 Å². The molecule has 0 aliphatic carbocycles. The molecule has 0 aliphatic rings. The largest absolute Gasteiger partial charge is 0.484 e. The summed E-state index contributed by atoms with van der Waals surface area (Å²) in [6, 6.07) is 13.7. The van der Waals surface area contributed by atoms with Crippen molar-refractivity contribution in [2.75, 3.05) is 23.9 Å². The van der Waals surface area contributed by atoms with Crippen LogP contribution in [0, 0.1) is 5.82 Å². The number of anilines is 1. The standard InChI is InChI=1S/C19H21FN2O3S/c1-26-12-11-17(19(24)21-15-9-7-14(20)8-10-15)22-18(23)13-25-16-5-3-2-4-6-16/h2-10,17H,11-13H2,1H3,(H,21,24)(H,22,23). The second-order valence-corrected chi connectivity index (χ2v) is 6.49. The van der Waals surface area contributed by atoms with E-state index in [9.17, 15) is 14.0 Å². The predicted molar refractivity (Wildman–Crippen MR) is 102 cm³/mol. The average Bonchev–Trinajstić information content (AvgIpc) is 2.66. The number of ether oxygens (including phenoxy) is 1. The molecule has 0 fully saturated rings. The van der Waals surface area contributed by atoms with Gasteiger partial charge in [-0.3, -0.25) is 9.59 Å². The number of carbonyl (C=O) groups excluding carboxylic acids is 2. The molecule has 0 bridgehead atoms. The minimum atomic E-state index is -0.695. The van der Waals surface area contributed by atoms with Crippen LogP contribution < -0.4 is 15.4 Å². The lowest BCUT2D eigenvalue weighted by molar-refractivity contribution is -0.127. The molecule has 1 atom stereocenters. The number of para-hydroxylation sites is 1. The normalized spacial score (nSPS) is 11.5. The Morgan fingerprint density at radius 3 is 2.46 bits per heavy atom. The maximum atomic E-state index is 13.0. The van der Waals surface area contributed by atoms with E-state index in [0.717, 1.165) is 0 Å². The van der Waals surface area contributed by atoms with Crippen LogP contribution in [0.25, 0.3) is 0 Å². The van der Waals surface area contributed by atoms with Gasteiger partial charge in [0.2, 0.25) is 5.91 Å². The van der Waals surface area contributed by atoms with E-state index in [-0.39, 0.29) is 24.2 Å². The fourth-order valence-electron chi connectivity index (χ4n) is 2.17. The predicted octanol–water partition coefficient (Wildman–Crippen LogP) is 3.08. The molecular weight excluding hydrogens is 355 g/mol. The Morgan fingerprint density at radius 2 is 1.81 bits per heavy atom. The quantitative estimate of drug-likeness (QED) is 0.706. The van der Waals surface area contributed by atoms with Gasteiger partial charge >= 0.3 is 0 Å². The summed E-state index contributed by atoms with van der Waals surface area (Å²) in [7, 11) is 0. The van der Waals surface area contributed by atoms with Gasteiger partial charge in [-0.05, 0) is 54.8 Å². The molecule has 7 heteroatoms. The first kappa shape index (κ1) is 19.8. The zero-order valence-corrected chi connectivity index (χ0v) is 15.2. The smallest absolute Gasteiger partial charge is 0.258 e. The van der Waals surface area contributed by atoms with Crippen LogP contribution in [-0.4, -0.2) is 36.5 Å². The van der Waals surface area contributed by atoms with Gasteiger partial charge in [0.1, 0.15) is 17.6 Å². The van der Waals surface area contributed by atoms with E-state index < -0.39 is 6.04 Å². The van der Waals surface area contributed by atoms with Crippen molar-refractivity contribution < 1.29 is 18.7 Å². The lowest BCUT2D eigenvalue weighted by atomic mass is 10.2. The van der Waals surface area contributed by atoms with E-state index in [2.05, 4.69) is 10.6 Å². The van der Waals surface area contributed by atoms with E-state index in [1.165, 1.54) is 24.3 Å². The number of nitrogens with one attached hydrogen (secondary N) is 2. The highest BCUT2D eigenvalue weighted by molar-refractivity contribution is 7.98. The minimum Gasteiger partial charge on any atom is -0.484 e. The van der Waals surface area contributed by atoms with Crippen molar-refractivity contribution >= 4 is 29.3 Å². The molecule has 2 N–H and O–H groups in total. The van der Waals surface area contributed by atoms with Crippen molar-refractivity contribution in [2.45, 2.75) is 12.5 Å². The Balaban J connectivity index is 1.91. The first-order valence-corrected chi connectivity index (χ1v) is 9.50. The molecule has 2 aromatic rings. The topological polar surface area (TPSA) is 67.4 Å². The molecule has 2 amide bonds. The number of rotatable bonds is 9. The molecule has 0 saturated carbocycles. The molecule has 138 valence electrons. The summed E-state index contributed by atoms with van der Waals surface area (Å²) in [4.78, 5) is 24.6. The van der Waals surface area contributed by atoms with E-state index in [1.54, 1.807) is 23.9 Å². The maximum absolute atomic E-state index is 13.0. The first-order valence-electron chi connectivity index (χ1n) is 8.11. The Morgan fingerprint density at radius 1 is 1.12 bits per heavy atom. The van der Waals surface area contributed by atoms with Gasteiger partial charge in [-0.1, -0.05) is 18.2 Å². The molecule has 0 aromatic heterocycles. The van der Waals surface area contributed by atoms with Gasteiger partial charge in [0.05, 0.1) is 0 Å². The lowest BCUT2D eigenvalue weighted by Gasteiger charge is -2.18. The summed E-state index contributed by atoms with van der Waals surface area (Å²) in [6.45, 7) is -0.177. The minimum absolute atomic E-state index is 0.177. The van der Waals surface area contributed by atoms with E-state index in [1.807, 2.05) is 24.5 Å². The second kappa shape index (κ2) is 10.5. The third-order valence-electron chi connectivity index (χ3n) is 3.49. The molecule has 26 heavy (non-hydrogen) atoms. The zero-order chi connectivity index (χ0) is 18.8. The summed E-state index contributed by atoms with van der Waals surface area (Å²) in [5.74, 6) is 0.182. The Bertz CT molecular complexity index is 710. The molecular formula is C19H21FN2O3S. The van der Waals surface area contributed by atoms with Crippen molar-refractivity contribution in [3.05, 3.63) is 60.4 Å². The molecule has 2 rings (SSSR count). The van der Waals surface area contributed by atoms with Crippen LogP contribution in [0.5, 0.6) is 5.75 Å². The van der Waals surface area contributed by atoms with E-state index >= 15 is 0 Å². The third-order valence-corrected chi connectivity index (χ3v) is 4.13. The van der Waals surface area contributed by atoms with E-state index in [4.69, 9.17) is 4.74 Å². The van der Waals surface area contributed by atoms with Crippen molar-refractivity contribution in [3.63, 3.8) is 0 Å². The Labute approximate surface area is 156 Å². The van der Waals surface area contributed by atoms with Crippen LogP contribution in [0.3, 0.4) is 0 Å². The van der Waals surface area contributed by atoms with Gasteiger partial charge in [-0.15, -0.1) is 0 Å². The highest BCUT2D eigenvalue weighted by Crippen LogP contribution is 2.11. The first-order chi connectivity index (χ1) is 12.6. The molecule has 2 aromatic carbocycles. The lowest BCUT2D eigenvalue weighted by Crippen LogP contribution is -2.45. The van der Waals surface area contributed by atoms with Gasteiger partial charge < -0.3 is 15.4 Å². The third kappa shape index (κ3) is 6.76. The molecule has 5 nitrogen and oxygen atoms in total. The monoisotopic (exact) mass is 376 g/mol. The number of hydrogen-bond acceptors (Lipinski definition) is 4. The average molecular weight is 376 g/mol. The van der Waals surface area contributed by atoms with Crippen molar-refractivity contribution in [1.82, 2.24) is 5.32 Å². The summed E-state index contributed by atoms with van der Waals surface area (Å²) < 4.78 is 18.4. The molecule has 0 aliphatic heterocycles. The van der Waals surface area contributed by atoms with Crippen LogP contribution in [0.15, 0.2) is 54.6 Å². The zero-order valence-electron chi connectivity index (χ0n) is 14.4. The van der Waals surface area contributed by atoms with Crippen molar-refractivity contribution in [3.8, 4) is 5.75 Å². The second-order valence-electron chi connectivity index (χ2n) is 5.50. The highest BCUT2D eigenvalue weighted by atomic mass is 32.2. The Kier molecular flexibility index (Phi) is 7.95. The van der Waals surface area contributed by atoms with Crippen LogP contribution in [0.4, 0.5) is 10.1 Å². The molecule has 0 radical (unpaired) electrons. The maximum Gasteiger partial charge on any atom is 0.258 e. The molecule has 0 heterocycles. The van der Waals surface area contributed by atoms with E-state index in [0.29, 0.717) is 23.6 Å². The number of thioether (sulfide) groups is 1. The number of hydrogen-bond donors (Lipinski definition) is 2. The summed E-state index contributed by atoms with van der Waals surface area (Å²) in [6.07, 6.45) is 2.40. The number of halogens is 1. The van der Waals surface area contributed by atoms with Crippen molar-refractivity contribution in [1.29, 1.82) is 0 Å². The fraction of sp³-hybridized carbons (Fsp3) is 0.263. The van der Waals surface area contributed by atoms with Crippen LogP contribution in [-0.2, 0) is 9.59 Å². The van der Waals surface area contributed by atoms with Crippen molar-refractivity contribution in [2.24, 2.45) is 0 Å². The number of benzene rings is 2. The number of amides is 2. The summed E-state index contributed by atoms with van der Waals surface area (Å²) >= 11 is 1.58. The van der Waals surface area contributed by atoms with Gasteiger partial charge in [-0.2, -0.15) is 11.8 Å². The van der Waals surface area contributed by atoms with Gasteiger partial charge in [0.25, 0.3) is 5.91 Å². The Hall–Kier alpha value is -2.54. The molecule has 0 saturated heterocycles. The van der Waals surface area contributed by atoms with Gasteiger partial charge in [0.15, 0.2) is 6.61 Å². The fourth-order valence-corrected chi connectivity index (χ4v) is 2.64. The summed E-state index contributed by atoms with van der Waals surface area (Å²) in [5.41, 5.74) is 0.473. The SMILES string of the molecule is CSCCC(NC(=O)COc1ccccc1)C(=O)Nc1ccc(F)cc1. The van der Waals surface area contributed by atoms with Crippen LogP contribution >= 0.6 is 11.8 Å². The van der Waals surface area contributed by atoms with Crippen LogP contribution in [0.1, 0.15) is 6.42 Å². The number of carbonyl (C=O) groups is 2. The highest BCUT2D eigenvalue weighted by Gasteiger charge is 2.20. The van der Waals surface area contributed by atoms with Gasteiger partial charge in [0, 0.05) is 5.69 Å². The molecule has 1 unspecified atom stereocenters. The molecule has 0 spiro atoms.